The maximum Gasteiger partial charge on any atom is 0.413 e. The van der Waals surface area contributed by atoms with Crippen LogP contribution in [0.25, 0.3) is 17.2 Å². The van der Waals surface area contributed by atoms with Gasteiger partial charge in [0.05, 0.1) is 32.1 Å². The number of nitrogens with one attached hydrogen (secondary N) is 2. The summed E-state index contributed by atoms with van der Waals surface area (Å²) in [5, 5.41) is 10.7. The molecule has 0 aliphatic rings. The first-order valence-electron chi connectivity index (χ1n) is 13.4. The van der Waals surface area contributed by atoms with E-state index in [0.29, 0.717) is 9.77 Å². The van der Waals surface area contributed by atoms with E-state index in [2.05, 4.69) is 5.32 Å². The summed E-state index contributed by atoms with van der Waals surface area (Å²) in [4.78, 5) is 12.6. The van der Waals surface area contributed by atoms with Gasteiger partial charge in [0.15, 0.2) is 0 Å². The molecule has 0 unspecified atom stereocenters. The Balaban J connectivity index is 2.02. The number of alkyl carbamates (subject to hydrolysis) is 1. The number of amidine groups is 1. The van der Waals surface area contributed by atoms with E-state index >= 15 is 0 Å². The number of ether oxygens (including phenoxy) is 1. The number of thiophene rings is 1. The smallest absolute Gasteiger partial charge is 0.413 e. The van der Waals surface area contributed by atoms with Crippen molar-refractivity contribution in [2.45, 2.75) is 61.1 Å². The molecule has 0 radical (unpaired) electrons. The van der Waals surface area contributed by atoms with E-state index < -0.39 is 29.1 Å². The van der Waals surface area contributed by atoms with Gasteiger partial charge in [0.2, 0.25) is 9.84 Å². The Morgan fingerprint density at radius 2 is 1.74 bits per heavy atom. The summed E-state index contributed by atoms with van der Waals surface area (Å²) in [6.07, 6.45) is 2.64. The molecule has 0 saturated heterocycles. The van der Waals surface area contributed by atoms with Crippen LogP contribution in [0.4, 0.5) is 4.79 Å². The number of thioether (sulfide) groups is 1. The van der Waals surface area contributed by atoms with E-state index in [4.69, 9.17) is 19.2 Å². The number of aryl methyl sites for hydroxylation is 1. The van der Waals surface area contributed by atoms with Crippen LogP contribution in [0, 0.1) is 12.3 Å². The molecule has 13 heteroatoms. The van der Waals surface area contributed by atoms with Crippen molar-refractivity contribution >= 4 is 58.5 Å². The number of rotatable bonds is 11. The predicted molar refractivity (Wildman–Crippen MR) is 174 cm³/mol. The van der Waals surface area contributed by atoms with Gasteiger partial charge in [-0.05, 0) is 94.3 Å². The predicted octanol–water partition coefficient (Wildman–Crippen LogP) is 8.37. The molecule has 0 aliphatic carbocycles. The number of amides is 1. The lowest BCUT2D eigenvalue weighted by molar-refractivity contribution is 0.0563. The standard InChI is InChI=1S/C30H37N2O7PS3/c1-8-37-40(34,38-9-2)17-16-21-13-10-12-20(3)26(21)22-14-11-15-23(18-22)43(35,36)25-19-24(42-28(25)41-7)27(31)32-29(33)39-30(4,5)6/h10-19H,8-9H2,1-7H3,(H2,31,32,33). The van der Waals surface area contributed by atoms with Gasteiger partial charge in [0.25, 0.3) is 0 Å². The van der Waals surface area contributed by atoms with Gasteiger partial charge in [0, 0.05) is 5.82 Å². The van der Waals surface area contributed by atoms with Crippen LogP contribution in [0.3, 0.4) is 0 Å². The molecule has 0 saturated carbocycles. The first-order chi connectivity index (χ1) is 20.1. The summed E-state index contributed by atoms with van der Waals surface area (Å²) < 4.78 is 57.4. The van der Waals surface area contributed by atoms with Gasteiger partial charge in [-0.2, -0.15) is 0 Å². The molecule has 3 rings (SSSR count). The van der Waals surface area contributed by atoms with E-state index in [1.807, 2.05) is 31.2 Å². The molecule has 0 spiro atoms. The quantitative estimate of drug-likeness (QED) is 0.0905. The van der Waals surface area contributed by atoms with Crippen molar-refractivity contribution in [3.63, 3.8) is 0 Å². The number of benzene rings is 2. The SMILES string of the molecule is CCOP(=O)(C=Cc1cccc(C)c1-c1cccc(S(=O)(=O)c2cc(C(=N)NC(=O)OC(C)(C)C)sc2SC)c1)OCC. The molecule has 3 aromatic rings. The minimum atomic E-state index is -4.01. The molecule has 0 atom stereocenters. The first kappa shape index (κ1) is 34.8. The average Bonchev–Trinajstić information content (AvgIpc) is 3.37. The second-order valence-electron chi connectivity index (χ2n) is 10.2. The van der Waals surface area contributed by atoms with Crippen molar-refractivity contribution in [3.8, 4) is 11.1 Å². The summed E-state index contributed by atoms with van der Waals surface area (Å²) in [6.45, 7) is 11.0. The lowest BCUT2D eigenvalue weighted by atomic mass is 9.95. The Morgan fingerprint density at radius 3 is 2.35 bits per heavy atom. The zero-order chi connectivity index (χ0) is 32.0. The minimum absolute atomic E-state index is 0.0483. The zero-order valence-electron chi connectivity index (χ0n) is 25.2. The summed E-state index contributed by atoms with van der Waals surface area (Å²) >= 11 is 2.35. The van der Waals surface area contributed by atoms with E-state index in [9.17, 15) is 17.8 Å². The molecular formula is C30H37N2O7PS3. The molecule has 9 nitrogen and oxygen atoms in total. The number of sulfone groups is 1. The van der Waals surface area contributed by atoms with Gasteiger partial charge < -0.3 is 13.8 Å². The topological polar surface area (TPSA) is 132 Å². The van der Waals surface area contributed by atoms with Crippen molar-refractivity contribution in [1.82, 2.24) is 5.32 Å². The Kier molecular flexibility index (Phi) is 11.6. The number of carbonyl (C=O) groups excluding carboxylic acids is 1. The molecule has 1 aromatic heterocycles. The summed E-state index contributed by atoms with van der Waals surface area (Å²) in [6, 6.07) is 13.6. The van der Waals surface area contributed by atoms with Gasteiger partial charge in [-0.25, -0.2) is 13.2 Å². The maximum absolute atomic E-state index is 13.9. The molecule has 2 N–H and O–H groups in total. The maximum atomic E-state index is 13.9. The van der Waals surface area contributed by atoms with Gasteiger partial charge in [-0.15, -0.1) is 23.1 Å². The van der Waals surface area contributed by atoms with E-state index in [0.717, 1.165) is 28.0 Å². The Bertz CT molecular complexity index is 1660. The molecule has 1 heterocycles. The first-order valence-corrected chi connectivity index (χ1v) is 18.6. The third kappa shape index (κ3) is 8.90. The Hall–Kier alpha value is -2.73. The van der Waals surface area contributed by atoms with Gasteiger partial charge in [-0.1, -0.05) is 30.3 Å². The molecule has 0 bridgehead atoms. The molecule has 43 heavy (non-hydrogen) atoms. The van der Waals surface area contributed by atoms with Crippen molar-refractivity contribution < 1.29 is 31.6 Å². The highest BCUT2D eigenvalue weighted by Gasteiger charge is 2.27. The van der Waals surface area contributed by atoms with Crippen molar-refractivity contribution in [1.29, 1.82) is 5.41 Å². The van der Waals surface area contributed by atoms with Gasteiger partial charge in [-0.3, -0.25) is 15.3 Å². The molecule has 1 amide bonds. The van der Waals surface area contributed by atoms with Crippen LogP contribution in [0.15, 0.2) is 68.3 Å². The summed E-state index contributed by atoms with van der Waals surface area (Å²) in [7, 11) is -7.46. The number of carbonyl (C=O) groups is 1. The lowest BCUT2D eigenvalue weighted by Crippen LogP contribution is -2.36. The van der Waals surface area contributed by atoms with Crippen LogP contribution >= 0.6 is 30.7 Å². The molecule has 232 valence electrons. The molecular weight excluding hydrogens is 628 g/mol. The fraction of sp³-hybridized carbons (Fsp3) is 0.333. The largest absolute Gasteiger partial charge is 0.444 e. The van der Waals surface area contributed by atoms with E-state index in [1.165, 1.54) is 29.7 Å². The van der Waals surface area contributed by atoms with Crippen molar-refractivity contribution in [3.05, 3.63) is 70.4 Å². The van der Waals surface area contributed by atoms with Gasteiger partial charge >= 0.3 is 13.7 Å². The average molecular weight is 665 g/mol. The molecule has 2 aromatic carbocycles. The third-order valence-electron chi connectivity index (χ3n) is 5.81. The fourth-order valence-electron chi connectivity index (χ4n) is 4.10. The van der Waals surface area contributed by atoms with Crippen molar-refractivity contribution in [2.75, 3.05) is 19.5 Å². The monoisotopic (exact) mass is 664 g/mol. The van der Waals surface area contributed by atoms with Crippen molar-refractivity contribution in [2.24, 2.45) is 0 Å². The second-order valence-corrected chi connectivity index (χ2v) is 16.2. The van der Waals surface area contributed by atoms with E-state index in [1.54, 1.807) is 59.1 Å². The third-order valence-corrected chi connectivity index (χ3v) is 11.9. The van der Waals surface area contributed by atoms with Crippen LogP contribution in [0.1, 0.15) is 50.6 Å². The van der Waals surface area contributed by atoms with Crippen LogP contribution in [0.2, 0.25) is 0 Å². The highest BCUT2D eigenvalue weighted by molar-refractivity contribution is 8.01. The lowest BCUT2D eigenvalue weighted by Gasteiger charge is -2.19. The Labute approximate surface area is 262 Å². The Morgan fingerprint density at radius 1 is 1.09 bits per heavy atom. The molecule has 0 aliphatic heterocycles. The van der Waals surface area contributed by atoms with Crippen LogP contribution in [-0.2, 0) is 28.2 Å². The van der Waals surface area contributed by atoms with Crippen LogP contribution in [0.5, 0.6) is 0 Å². The molecule has 0 fully saturated rings. The summed E-state index contributed by atoms with van der Waals surface area (Å²) in [5.41, 5.74) is 2.29. The number of hydrogen-bond donors (Lipinski definition) is 2. The number of hydrogen-bond acceptors (Lipinski definition) is 10. The minimum Gasteiger partial charge on any atom is -0.444 e. The normalized spacial score (nSPS) is 12.4. The second kappa shape index (κ2) is 14.4. The van der Waals surface area contributed by atoms with E-state index in [-0.39, 0.29) is 33.7 Å². The highest BCUT2D eigenvalue weighted by Crippen LogP contribution is 2.50. The van der Waals surface area contributed by atoms with Crippen LogP contribution in [-0.4, -0.2) is 45.4 Å². The zero-order valence-corrected chi connectivity index (χ0v) is 28.6. The van der Waals surface area contributed by atoms with Gasteiger partial charge in [0.1, 0.15) is 11.4 Å². The highest BCUT2D eigenvalue weighted by atomic mass is 32.2. The fourth-order valence-corrected chi connectivity index (χ4v) is 9.36. The van der Waals surface area contributed by atoms with Crippen LogP contribution < -0.4 is 5.32 Å². The summed E-state index contributed by atoms with van der Waals surface area (Å²) in [5.74, 6) is 1.18.